The lowest BCUT2D eigenvalue weighted by atomic mass is 9.82. The molecule has 112 valence electrons. The van der Waals surface area contributed by atoms with Gasteiger partial charge in [0.2, 0.25) is 5.91 Å². The number of nitrogens with two attached hydrogens (primary N) is 1. The van der Waals surface area contributed by atoms with E-state index in [9.17, 15) is 14.7 Å². The van der Waals surface area contributed by atoms with E-state index in [1.165, 1.54) is 0 Å². The van der Waals surface area contributed by atoms with E-state index < -0.39 is 5.97 Å². The Labute approximate surface area is 119 Å². The normalized spacial score (nSPS) is 43.5. The maximum Gasteiger partial charge on any atom is 0.308 e. The van der Waals surface area contributed by atoms with Crippen molar-refractivity contribution in [1.29, 1.82) is 0 Å². The highest BCUT2D eigenvalue weighted by atomic mass is 16.4. The number of carboxylic acids is 1. The summed E-state index contributed by atoms with van der Waals surface area (Å²) in [5, 5.41) is 12.5. The van der Waals surface area contributed by atoms with Crippen LogP contribution in [0.2, 0.25) is 0 Å². The fraction of sp³-hybridized carbons (Fsp3) is 0.867. The number of nitrogens with one attached hydrogen (secondary N) is 1. The van der Waals surface area contributed by atoms with Crippen LogP contribution in [0.4, 0.5) is 0 Å². The lowest BCUT2D eigenvalue weighted by Crippen LogP contribution is -2.49. The second-order valence-electron chi connectivity index (χ2n) is 6.84. The van der Waals surface area contributed by atoms with Gasteiger partial charge in [-0.3, -0.25) is 9.59 Å². The first-order chi connectivity index (χ1) is 9.56. The van der Waals surface area contributed by atoms with Gasteiger partial charge in [-0.15, -0.1) is 0 Å². The van der Waals surface area contributed by atoms with Gasteiger partial charge in [0.15, 0.2) is 0 Å². The van der Waals surface area contributed by atoms with Crippen LogP contribution in [-0.2, 0) is 9.59 Å². The summed E-state index contributed by atoms with van der Waals surface area (Å²) in [5.41, 5.74) is 5.86. The Morgan fingerprint density at radius 1 is 1.00 bits per heavy atom. The summed E-state index contributed by atoms with van der Waals surface area (Å²) in [6.45, 7) is 0. The minimum absolute atomic E-state index is 0.0309. The van der Waals surface area contributed by atoms with E-state index in [2.05, 4.69) is 5.32 Å². The molecule has 3 aliphatic carbocycles. The third-order valence-electron chi connectivity index (χ3n) is 5.65. The van der Waals surface area contributed by atoms with Gasteiger partial charge in [-0.05, 0) is 56.8 Å². The van der Waals surface area contributed by atoms with Gasteiger partial charge < -0.3 is 16.2 Å². The molecule has 4 N–H and O–H groups in total. The van der Waals surface area contributed by atoms with Crippen molar-refractivity contribution >= 4 is 11.9 Å². The number of hydrogen-bond acceptors (Lipinski definition) is 3. The molecule has 0 heterocycles. The van der Waals surface area contributed by atoms with Gasteiger partial charge in [-0.25, -0.2) is 0 Å². The molecule has 5 nitrogen and oxygen atoms in total. The molecular formula is C15H24N2O3. The topological polar surface area (TPSA) is 92.4 Å². The van der Waals surface area contributed by atoms with Gasteiger partial charge in [0, 0.05) is 18.0 Å². The maximum absolute atomic E-state index is 12.4. The molecule has 0 aromatic carbocycles. The molecule has 3 saturated carbocycles. The zero-order valence-electron chi connectivity index (χ0n) is 11.8. The number of carbonyl (C=O) groups excluding carboxylic acids is 1. The highest BCUT2D eigenvalue weighted by Gasteiger charge is 2.51. The number of aliphatic carboxylic acids is 1. The molecule has 20 heavy (non-hydrogen) atoms. The Kier molecular flexibility index (Phi) is 3.71. The van der Waals surface area contributed by atoms with Crippen molar-refractivity contribution in [1.82, 2.24) is 5.32 Å². The van der Waals surface area contributed by atoms with Crippen molar-refractivity contribution in [3.8, 4) is 0 Å². The van der Waals surface area contributed by atoms with Crippen LogP contribution in [0.1, 0.15) is 44.9 Å². The van der Waals surface area contributed by atoms with E-state index in [1.807, 2.05) is 0 Å². The van der Waals surface area contributed by atoms with Crippen LogP contribution in [0.5, 0.6) is 0 Å². The quantitative estimate of drug-likeness (QED) is 0.722. The Hall–Kier alpha value is -1.10. The summed E-state index contributed by atoms with van der Waals surface area (Å²) < 4.78 is 0. The van der Waals surface area contributed by atoms with E-state index in [-0.39, 0.29) is 35.7 Å². The number of carboxylic acid groups (broad SMARTS) is 1. The van der Waals surface area contributed by atoms with Gasteiger partial charge in [-0.1, -0.05) is 0 Å². The number of amides is 1. The highest BCUT2D eigenvalue weighted by Crippen LogP contribution is 2.48. The maximum atomic E-state index is 12.4. The summed E-state index contributed by atoms with van der Waals surface area (Å²) in [6, 6.07) is 0.0858. The van der Waals surface area contributed by atoms with Crippen LogP contribution in [0.25, 0.3) is 0 Å². The molecule has 4 unspecified atom stereocenters. The standard InChI is InChI=1S/C15H24N2O3/c16-11-5-3-8(4-6-11)14(18)17-13-10-2-1-9(7-10)12(13)15(19)20/h8-13H,1-7,16H2,(H,17,18)(H,19,20). The summed E-state index contributed by atoms with van der Waals surface area (Å²) in [5.74, 6) is -0.390. The zero-order chi connectivity index (χ0) is 14.3. The first-order valence-electron chi connectivity index (χ1n) is 7.85. The average molecular weight is 280 g/mol. The first-order valence-corrected chi connectivity index (χ1v) is 7.85. The summed E-state index contributed by atoms with van der Waals surface area (Å²) in [6.07, 6.45) is 6.52. The molecule has 0 aromatic heterocycles. The van der Waals surface area contributed by atoms with Crippen LogP contribution in [0.15, 0.2) is 0 Å². The monoisotopic (exact) mass is 280 g/mol. The summed E-state index contributed by atoms with van der Waals surface area (Å²) >= 11 is 0. The fourth-order valence-electron chi connectivity index (χ4n) is 4.52. The minimum atomic E-state index is -0.742. The number of fused-ring (bicyclic) bond motifs is 2. The van der Waals surface area contributed by atoms with Gasteiger partial charge >= 0.3 is 5.97 Å². The molecule has 3 fully saturated rings. The molecule has 3 aliphatic rings. The van der Waals surface area contributed by atoms with Crippen LogP contribution in [0, 0.1) is 23.7 Å². The zero-order valence-corrected chi connectivity index (χ0v) is 11.8. The second-order valence-corrected chi connectivity index (χ2v) is 6.84. The van der Waals surface area contributed by atoms with Crippen LogP contribution in [0.3, 0.4) is 0 Å². The van der Waals surface area contributed by atoms with Crippen molar-refractivity contribution in [2.45, 2.75) is 57.0 Å². The molecule has 0 radical (unpaired) electrons. The molecule has 3 rings (SSSR count). The fourth-order valence-corrected chi connectivity index (χ4v) is 4.52. The average Bonchev–Trinajstić information content (AvgIpc) is 3.00. The Bertz CT molecular complexity index is 404. The van der Waals surface area contributed by atoms with Gasteiger partial charge in [0.1, 0.15) is 0 Å². The summed E-state index contributed by atoms with van der Waals surface area (Å²) in [4.78, 5) is 23.8. The molecule has 0 spiro atoms. The van der Waals surface area contributed by atoms with Crippen molar-refractivity contribution < 1.29 is 14.7 Å². The molecule has 0 saturated heterocycles. The van der Waals surface area contributed by atoms with Crippen molar-refractivity contribution in [2.75, 3.05) is 0 Å². The van der Waals surface area contributed by atoms with E-state index in [1.54, 1.807) is 0 Å². The molecule has 0 aromatic rings. The SMILES string of the molecule is NC1CCC(C(=O)NC2C3CCC(C3)C2C(=O)O)CC1. The lowest BCUT2D eigenvalue weighted by Gasteiger charge is -2.32. The first kappa shape index (κ1) is 13.9. The highest BCUT2D eigenvalue weighted by molar-refractivity contribution is 5.81. The molecular weight excluding hydrogens is 256 g/mol. The minimum Gasteiger partial charge on any atom is -0.481 e. The lowest BCUT2D eigenvalue weighted by molar-refractivity contribution is -0.145. The van der Waals surface area contributed by atoms with Crippen LogP contribution in [-0.4, -0.2) is 29.1 Å². The van der Waals surface area contributed by atoms with Crippen LogP contribution < -0.4 is 11.1 Å². The molecule has 5 heteroatoms. The van der Waals surface area contributed by atoms with E-state index in [4.69, 9.17) is 5.73 Å². The predicted molar refractivity (Wildman–Crippen MR) is 73.8 cm³/mol. The van der Waals surface area contributed by atoms with Crippen LogP contribution >= 0.6 is 0 Å². The van der Waals surface area contributed by atoms with E-state index >= 15 is 0 Å². The molecule has 0 aliphatic heterocycles. The largest absolute Gasteiger partial charge is 0.481 e. The second kappa shape index (κ2) is 5.35. The van der Waals surface area contributed by atoms with E-state index in [0.717, 1.165) is 44.9 Å². The Morgan fingerprint density at radius 2 is 1.65 bits per heavy atom. The third kappa shape index (κ3) is 2.43. The van der Waals surface area contributed by atoms with Gasteiger partial charge in [0.05, 0.1) is 5.92 Å². The van der Waals surface area contributed by atoms with Crippen molar-refractivity contribution in [2.24, 2.45) is 29.4 Å². The Balaban J connectivity index is 1.62. The number of rotatable bonds is 3. The smallest absolute Gasteiger partial charge is 0.308 e. The predicted octanol–water partition coefficient (Wildman–Crippen LogP) is 1.12. The number of hydrogen-bond donors (Lipinski definition) is 3. The van der Waals surface area contributed by atoms with Gasteiger partial charge in [0.25, 0.3) is 0 Å². The van der Waals surface area contributed by atoms with Crippen molar-refractivity contribution in [3.63, 3.8) is 0 Å². The summed E-state index contributed by atoms with van der Waals surface area (Å²) in [7, 11) is 0. The molecule has 4 atom stereocenters. The third-order valence-corrected chi connectivity index (χ3v) is 5.65. The molecule has 1 amide bonds. The molecule has 2 bridgehead atoms. The van der Waals surface area contributed by atoms with E-state index in [0.29, 0.717) is 5.92 Å². The number of carbonyl (C=O) groups is 2. The van der Waals surface area contributed by atoms with Crippen molar-refractivity contribution in [3.05, 3.63) is 0 Å². The van der Waals surface area contributed by atoms with Gasteiger partial charge in [-0.2, -0.15) is 0 Å². The Morgan fingerprint density at radius 3 is 2.30 bits per heavy atom.